The first-order valence-corrected chi connectivity index (χ1v) is 16.9. The molecule has 3 aliphatic rings. The number of aliphatic hydroxyl groups is 2. The SMILES string of the molecule is CC(C)(C)OC(=O)Nc1ncnc2c1ncn2[C@@H]1O[C@H](COS(=O)(=O)NC(=O)CCC2(O)c3ccccc3C(O)C2(F)F)[C@H]2OC(C)(C)O[C@H]21. The van der Waals surface area contributed by atoms with E-state index in [4.69, 9.17) is 23.1 Å². The lowest BCUT2D eigenvalue weighted by molar-refractivity contribution is -0.226. The van der Waals surface area contributed by atoms with E-state index in [0.717, 1.165) is 0 Å². The third-order valence-corrected chi connectivity index (χ3v) is 9.24. The topological polar surface area (TPSA) is 223 Å². The summed E-state index contributed by atoms with van der Waals surface area (Å²) < 4.78 is 87.0. The van der Waals surface area contributed by atoms with Gasteiger partial charge in [-0.2, -0.15) is 17.2 Å². The summed E-state index contributed by atoms with van der Waals surface area (Å²) in [5.41, 5.74) is -3.72. The smallest absolute Gasteiger partial charge is 0.413 e. The molecule has 2 saturated heterocycles. The van der Waals surface area contributed by atoms with E-state index < -0.39 is 95.3 Å². The van der Waals surface area contributed by atoms with Crippen LogP contribution in [-0.4, -0.2) is 92.4 Å². The van der Waals surface area contributed by atoms with Crippen molar-refractivity contribution >= 4 is 39.3 Å². The second-order valence-electron chi connectivity index (χ2n) is 13.5. The molecule has 4 heterocycles. The van der Waals surface area contributed by atoms with Crippen molar-refractivity contribution in [3.63, 3.8) is 0 Å². The van der Waals surface area contributed by atoms with Crippen LogP contribution in [0.2, 0.25) is 0 Å². The van der Waals surface area contributed by atoms with E-state index >= 15 is 0 Å². The van der Waals surface area contributed by atoms with E-state index in [9.17, 15) is 37.0 Å². The van der Waals surface area contributed by atoms with Gasteiger partial charge in [0, 0.05) is 6.42 Å². The van der Waals surface area contributed by atoms with Crippen LogP contribution in [0.15, 0.2) is 36.9 Å². The molecule has 3 aromatic rings. The lowest BCUT2D eigenvalue weighted by Gasteiger charge is -2.31. The van der Waals surface area contributed by atoms with Gasteiger partial charge in [-0.3, -0.25) is 18.9 Å². The largest absolute Gasteiger partial charge is 0.444 e. The van der Waals surface area contributed by atoms with Gasteiger partial charge in [0.2, 0.25) is 5.91 Å². The fourth-order valence-corrected chi connectivity index (χ4v) is 6.99. The summed E-state index contributed by atoms with van der Waals surface area (Å²) in [4.78, 5) is 37.7. The van der Waals surface area contributed by atoms with Gasteiger partial charge in [-0.15, -0.1) is 0 Å². The van der Waals surface area contributed by atoms with Crippen LogP contribution in [0.4, 0.5) is 19.4 Å². The molecular weight excluding hydrogens is 690 g/mol. The van der Waals surface area contributed by atoms with Crippen LogP contribution in [0.3, 0.4) is 0 Å². The van der Waals surface area contributed by atoms with Gasteiger partial charge in [-0.05, 0) is 52.2 Å². The highest BCUT2D eigenvalue weighted by Crippen LogP contribution is 2.56. The number of nitrogens with zero attached hydrogens (tertiary/aromatic N) is 4. The number of hydrogen-bond donors (Lipinski definition) is 4. The van der Waals surface area contributed by atoms with E-state index in [-0.39, 0.29) is 28.1 Å². The first-order chi connectivity index (χ1) is 23.2. The highest BCUT2D eigenvalue weighted by molar-refractivity contribution is 7.85. The Balaban J connectivity index is 1.12. The maximum atomic E-state index is 14.9. The molecule has 2 aromatic heterocycles. The third kappa shape index (κ3) is 6.63. The van der Waals surface area contributed by atoms with Crippen molar-refractivity contribution in [2.24, 2.45) is 0 Å². The van der Waals surface area contributed by atoms with Crippen molar-refractivity contribution in [3.05, 3.63) is 48.0 Å². The van der Waals surface area contributed by atoms with Gasteiger partial charge in [0.05, 0.1) is 12.9 Å². The van der Waals surface area contributed by atoms with Crippen LogP contribution in [0, 0.1) is 0 Å². The van der Waals surface area contributed by atoms with Gasteiger partial charge in [-0.25, -0.2) is 24.5 Å². The standard InChI is InChI=1S/C30H36F2N6O11S/c1-27(2,3)49-26(41)36-23-19-24(34-13-33-23)38(14-35-19)25-21-20(47-28(4,5)48-21)17(46-25)12-45-50(43,44)37-18(39)10-11-29(42)16-9-7-6-8-15(16)22(40)30(29,31)32/h6-9,13-14,17,20-22,25,40,42H,10-12H2,1-5H3,(H,37,39)(H,33,34,36,41)/t17-,20-,21-,22?,25-,29?/m1/s1. The molecule has 2 amide bonds. The lowest BCUT2D eigenvalue weighted by Crippen LogP contribution is -2.45. The minimum absolute atomic E-state index is 0.0624. The average Bonchev–Trinajstić information content (AvgIpc) is 3.70. The molecule has 2 unspecified atom stereocenters. The fraction of sp³-hybridized carbons (Fsp3) is 0.567. The van der Waals surface area contributed by atoms with Gasteiger partial charge in [0.15, 0.2) is 34.6 Å². The van der Waals surface area contributed by atoms with Crippen molar-refractivity contribution in [3.8, 4) is 0 Å². The number of rotatable bonds is 9. The molecule has 4 N–H and O–H groups in total. The van der Waals surface area contributed by atoms with Crippen molar-refractivity contribution in [1.29, 1.82) is 0 Å². The number of nitrogens with one attached hydrogen (secondary N) is 2. The second kappa shape index (κ2) is 12.4. The maximum Gasteiger partial charge on any atom is 0.413 e. The zero-order chi connectivity index (χ0) is 36.4. The summed E-state index contributed by atoms with van der Waals surface area (Å²) in [5.74, 6) is -6.34. The number of fused-ring (bicyclic) bond motifs is 3. The summed E-state index contributed by atoms with van der Waals surface area (Å²) in [7, 11) is -4.81. The van der Waals surface area contributed by atoms with Gasteiger partial charge >= 0.3 is 22.3 Å². The normalized spacial score (nSPS) is 28.3. The highest BCUT2D eigenvalue weighted by atomic mass is 32.2. The van der Waals surface area contributed by atoms with E-state index in [1.165, 1.54) is 41.5 Å². The van der Waals surface area contributed by atoms with Crippen LogP contribution in [0.1, 0.15) is 70.9 Å². The Morgan fingerprint density at radius 1 is 1.10 bits per heavy atom. The summed E-state index contributed by atoms with van der Waals surface area (Å²) in [6.07, 6.45) is -6.01. The minimum atomic E-state index is -4.81. The van der Waals surface area contributed by atoms with E-state index in [1.54, 1.807) is 39.3 Å². The first-order valence-electron chi connectivity index (χ1n) is 15.5. The summed E-state index contributed by atoms with van der Waals surface area (Å²) in [5, 5.41) is 23.5. The van der Waals surface area contributed by atoms with E-state index in [2.05, 4.69) is 20.3 Å². The molecule has 6 atom stereocenters. The maximum absolute atomic E-state index is 14.9. The molecule has 2 fully saturated rings. The molecule has 0 bridgehead atoms. The van der Waals surface area contributed by atoms with Crippen molar-refractivity contribution in [2.75, 3.05) is 11.9 Å². The summed E-state index contributed by atoms with van der Waals surface area (Å²) in [6.45, 7) is 7.74. The number of carbonyl (C=O) groups excluding carboxylic acids is 2. The number of carbonyl (C=O) groups is 2. The third-order valence-electron chi connectivity index (χ3n) is 8.31. The van der Waals surface area contributed by atoms with Crippen molar-refractivity contribution in [1.82, 2.24) is 24.2 Å². The number of benzene rings is 1. The number of ether oxygens (including phenoxy) is 4. The molecule has 0 spiro atoms. The Hall–Kier alpha value is -3.92. The molecule has 1 aromatic carbocycles. The van der Waals surface area contributed by atoms with E-state index in [0.29, 0.717) is 0 Å². The Kier molecular flexibility index (Phi) is 8.89. The monoisotopic (exact) mass is 726 g/mol. The molecule has 272 valence electrons. The van der Waals surface area contributed by atoms with Crippen molar-refractivity contribution in [2.45, 2.75) is 101 Å². The molecule has 0 saturated carbocycles. The predicted molar refractivity (Wildman–Crippen MR) is 165 cm³/mol. The molecule has 50 heavy (non-hydrogen) atoms. The Bertz CT molecular complexity index is 1920. The van der Waals surface area contributed by atoms with E-state index in [1.807, 2.05) is 0 Å². The molecule has 0 radical (unpaired) electrons. The average molecular weight is 727 g/mol. The van der Waals surface area contributed by atoms with Gasteiger partial charge in [0.1, 0.15) is 36.3 Å². The van der Waals surface area contributed by atoms with Gasteiger partial charge < -0.3 is 29.2 Å². The molecule has 1 aliphatic carbocycles. The number of halogens is 2. The van der Waals surface area contributed by atoms with Crippen LogP contribution in [0.25, 0.3) is 11.2 Å². The molecular formula is C30H36F2N6O11S. The Morgan fingerprint density at radius 3 is 2.52 bits per heavy atom. The second-order valence-corrected chi connectivity index (χ2v) is 14.9. The molecule has 6 rings (SSSR count). The number of aliphatic hydroxyl groups excluding tert-OH is 1. The highest BCUT2D eigenvalue weighted by Gasteiger charge is 2.65. The van der Waals surface area contributed by atoms with Crippen LogP contribution in [0.5, 0.6) is 0 Å². The Labute approximate surface area is 284 Å². The van der Waals surface area contributed by atoms with Gasteiger partial charge in [-0.1, -0.05) is 24.3 Å². The zero-order valence-electron chi connectivity index (χ0n) is 27.5. The number of amides is 2. The quantitative estimate of drug-likeness (QED) is 0.249. The lowest BCUT2D eigenvalue weighted by atomic mass is 9.88. The molecule has 17 nitrogen and oxygen atoms in total. The van der Waals surface area contributed by atoms with Gasteiger partial charge in [0.25, 0.3) is 0 Å². The minimum Gasteiger partial charge on any atom is -0.444 e. The number of hydrogen-bond acceptors (Lipinski definition) is 14. The number of aromatic nitrogens is 4. The number of alkyl halides is 2. The summed E-state index contributed by atoms with van der Waals surface area (Å²) in [6, 6.07) is 5.24. The molecule has 20 heteroatoms. The summed E-state index contributed by atoms with van der Waals surface area (Å²) >= 11 is 0. The molecule has 2 aliphatic heterocycles. The van der Waals surface area contributed by atoms with Crippen molar-refractivity contribution < 1.29 is 60.1 Å². The van der Waals surface area contributed by atoms with Crippen LogP contribution >= 0.6 is 0 Å². The van der Waals surface area contributed by atoms with Crippen LogP contribution in [-0.2, 0) is 43.8 Å². The predicted octanol–water partition coefficient (Wildman–Crippen LogP) is 2.32. The zero-order valence-corrected chi connectivity index (χ0v) is 28.3. The fourth-order valence-electron chi connectivity index (χ4n) is 6.23. The number of imidazole rings is 1. The first kappa shape index (κ1) is 35.9. The number of anilines is 1. The Morgan fingerprint density at radius 2 is 1.80 bits per heavy atom. The van der Waals surface area contributed by atoms with Crippen LogP contribution < -0.4 is 10.0 Å².